The van der Waals surface area contributed by atoms with Gasteiger partial charge >= 0.3 is 5.95 Å². The molecule has 9 nitrogen and oxygen atoms in total. The molecule has 0 aromatic carbocycles. The van der Waals surface area contributed by atoms with E-state index in [4.69, 9.17) is 5.53 Å². The highest BCUT2D eigenvalue weighted by molar-refractivity contribution is 5.05. The molecule has 1 aromatic rings. The van der Waals surface area contributed by atoms with Crippen molar-refractivity contribution in [2.45, 2.75) is 19.4 Å². The van der Waals surface area contributed by atoms with Crippen molar-refractivity contribution in [1.29, 1.82) is 0 Å². The van der Waals surface area contributed by atoms with Crippen molar-refractivity contribution < 1.29 is 4.92 Å². The van der Waals surface area contributed by atoms with Crippen LogP contribution in [-0.4, -0.2) is 20.1 Å². The Kier molecular flexibility index (Phi) is 2.97. The minimum absolute atomic E-state index is 0.206. The second kappa shape index (κ2) is 4.19. The number of aromatic nitrogens is 3. The van der Waals surface area contributed by atoms with Crippen LogP contribution in [0.25, 0.3) is 10.4 Å². The maximum absolute atomic E-state index is 10.2. The molecule has 0 amide bonds. The lowest BCUT2D eigenvalue weighted by Gasteiger charge is -1.97. The summed E-state index contributed by atoms with van der Waals surface area (Å²) < 4.78 is 0. The summed E-state index contributed by atoms with van der Waals surface area (Å²) in [5.74, 6) is -0.316. The van der Waals surface area contributed by atoms with Gasteiger partial charge in [-0.25, -0.2) is 0 Å². The molecule has 0 saturated carbocycles. The Hall–Kier alpha value is -2.15. The molecule has 1 atom stereocenters. The highest BCUT2D eigenvalue weighted by Gasteiger charge is 2.20. The lowest BCUT2D eigenvalue weighted by atomic mass is 10.2. The van der Waals surface area contributed by atoms with Crippen LogP contribution in [0, 0.1) is 10.1 Å². The molecule has 1 unspecified atom stereocenters. The summed E-state index contributed by atoms with van der Waals surface area (Å²) in [6.07, 6.45) is 0.496. The van der Waals surface area contributed by atoms with E-state index in [-0.39, 0.29) is 5.82 Å². The smallest absolute Gasteiger partial charge is 0.390 e. The number of azide groups is 1. The predicted molar refractivity (Wildman–Crippen MR) is 45.2 cm³/mol. The number of nitrogens with zero attached hydrogens (tertiary/aromatic N) is 6. The molecule has 0 aliphatic carbocycles. The average Bonchev–Trinajstić information content (AvgIpc) is 2.63. The van der Waals surface area contributed by atoms with Gasteiger partial charge in [-0.15, -0.1) is 0 Å². The molecule has 0 radical (unpaired) electrons. The van der Waals surface area contributed by atoms with Crippen LogP contribution in [0.15, 0.2) is 5.11 Å². The fourth-order valence-corrected chi connectivity index (χ4v) is 0.888. The molecule has 0 bridgehead atoms. The molecule has 74 valence electrons. The minimum Gasteiger partial charge on any atom is -0.390 e. The number of aromatic amines is 1. The van der Waals surface area contributed by atoms with Gasteiger partial charge in [0, 0.05) is 10.0 Å². The van der Waals surface area contributed by atoms with Crippen molar-refractivity contribution in [2.75, 3.05) is 0 Å². The summed E-state index contributed by atoms with van der Waals surface area (Å²) in [6.45, 7) is 1.77. The fraction of sp³-hybridized carbons (Fsp3) is 0.600. The topological polar surface area (TPSA) is 133 Å². The van der Waals surface area contributed by atoms with Crippen LogP contribution in [-0.2, 0) is 0 Å². The van der Waals surface area contributed by atoms with Crippen LogP contribution in [0.4, 0.5) is 5.95 Å². The van der Waals surface area contributed by atoms with Crippen LogP contribution in [0.2, 0.25) is 0 Å². The van der Waals surface area contributed by atoms with Gasteiger partial charge in [0.1, 0.15) is 6.04 Å². The van der Waals surface area contributed by atoms with E-state index < -0.39 is 16.9 Å². The molecular formula is C5H7N7O2. The molecule has 1 N–H and O–H groups in total. The van der Waals surface area contributed by atoms with E-state index in [1.807, 2.05) is 0 Å². The van der Waals surface area contributed by atoms with Gasteiger partial charge in [-0.2, -0.15) is 5.10 Å². The first-order valence-corrected chi connectivity index (χ1v) is 3.80. The van der Waals surface area contributed by atoms with Crippen LogP contribution in [0.3, 0.4) is 0 Å². The van der Waals surface area contributed by atoms with Gasteiger partial charge in [0.15, 0.2) is 0 Å². The van der Waals surface area contributed by atoms with E-state index in [1.54, 1.807) is 6.92 Å². The maximum atomic E-state index is 10.2. The molecule has 14 heavy (non-hydrogen) atoms. The highest BCUT2D eigenvalue weighted by Crippen LogP contribution is 2.18. The molecule has 0 aliphatic rings. The zero-order valence-electron chi connectivity index (χ0n) is 7.28. The van der Waals surface area contributed by atoms with E-state index in [1.165, 1.54) is 0 Å². The molecule has 0 saturated heterocycles. The SMILES string of the molecule is CCC(N=[N+]=[N-])c1nc([N+](=O)[O-])n[nH]1. The standard InChI is InChI=1S/C5H7N7O2/c1-2-3(8-11-6)4-7-5(10-9-4)12(13)14/h3H,2H2,1H3,(H,7,9,10). The summed E-state index contributed by atoms with van der Waals surface area (Å²) in [5.41, 5.74) is 8.21. The summed E-state index contributed by atoms with van der Waals surface area (Å²) in [4.78, 5) is 15.7. The van der Waals surface area contributed by atoms with Gasteiger partial charge in [0.25, 0.3) is 0 Å². The van der Waals surface area contributed by atoms with Crippen molar-refractivity contribution in [2.24, 2.45) is 5.11 Å². The third-order valence-corrected chi connectivity index (χ3v) is 1.55. The van der Waals surface area contributed by atoms with E-state index in [0.29, 0.717) is 6.42 Å². The summed E-state index contributed by atoms with van der Waals surface area (Å²) in [7, 11) is 0. The first kappa shape index (κ1) is 9.93. The van der Waals surface area contributed by atoms with E-state index in [0.717, 1.165) is 0 Å². The first-order chi connectivity index (χ1) is 6.69. The maximum Gasteiger partial charge on any atom is 0.491 e. The van der Waals surface area contributed by atoms with Gasteiger partial charge in [0.2, 0.25) is 5.82 Å². The Balaban J connectivity index is 2.94. The Morgan fingerprint density at radius 2 is 2.57 bits per heavy atom. The molecule has 1 rings (SSSR count). The average molecular weight is 197 g/mol. The van der Waals surface area contributed by atoms with E-state index >= 15 is 0 Å². The minimum atomic E-state index is -0.719. The number of H-pyrrole nitrogens is 1. The van der Waals surface area contributed by atoms with Gasteiger partial charge in [-0.1, -0.05) is 12.0 Å². The van der Waals surface area contributed by atoms with Gasteiger partial charge in [0.05, 0.1) is 0 Å². The van der Waals surface area contributed by atoms with Gasteiger partial charge < -0.3 is 10.1 Å². The van der Waals surface area contributed by atoms with Gasteiger partial charge in [-0.3, -0.25) is 0 Å². The molecule has 0 fully saturated rings. The summed E-state index contributed by atoms with van der Waals surface area (Å²) >= 11 is 0. The largest absolute Gasteiger partial charge is 0.491 e. The normalized spacial score (nSPS) is 11.8. The van der Waals surface area contributed by atoms with E-state index in [9.17, 15) is 10.1 Å². The van der Waals surface area contributed by atoms with Crippen molar-refractivity contribution >= 4 is 5.95 Å². The fourth-order valence-electron chi connectivity index (χ4n) is 0.888. The van der Waals surface area contributed by atoms with E-state index in [2.05, 4.69) is 25.2 Å². The summed E-state index contributed by atoms with van der Waals surface area (Å²) in [6, 6.07) is -0.541. The second-order valence-corrected chi connectivity index (χ2v) is 2.41. The second-order valence-electron chi connectivity index (χ2n) is 2.41. The van der Waals surface area contributed by atoms with Crippen molar-refractivity contribution in [3.05, 3.63) is 26.4 Å². The number of nitro groups is 1. The molecular weight excluding hydrogens is 190 g/mol. The number of rotatable bonds is 4. The van der Waals surface area contributed by atoms with Crippen LogP contribution < -0.4 is 0 Å². The van der Waals surface area contributed by atoms with Crippen molar-refractivity contribution in [3.63, 3.8) is 0 Å². The van der Waals surface area contributed by atoms with Gasteiger partial charge in [-0.05, 0) is 21.9 Å². The molecule has 1 heterocycles. The first-order valence-electron chi connectivity index (χ1n) is 3.80. The zero-order chi connectivity index (χ0) is 10.6. The number of nitrogens with one attached hydrogen (secondary N) is 1. The third kappa shape index (κ3) is 1.96. The Morgan fingerprint density at radius 3 is 3.00 bits per heavy atom. The summed E-state index contributed by atoms with van der Waals surface area (Å²) in [5, 5.41) is 19.4. The van der Waals surface area contributed by atoms with Crippen LogP contribution >= 0.6 is 0 Å². The molecule has 0 spiro atoms. The zero-order valence-corrected chi connectivity index (χ0v) is 7.28. The quantitative estimate of drug-likeness (QED) is 0.257. The van der Waals surface area contributed by atoms with Crippen molar-refractivity contribution in [1.82, 2.24) is 15.2 Å². The Bertz CT molecular complexity index is 379. The van der Waals surface area contributed by atoms with Crippen LogP contribution in [0.1, 0.15) is 25.2 Å². The number of hydrogen-bond acceptors (Lipinski definition) is 5. The lowest BCUT2D eigenvalue weighted by Crippen LogP contribution is -1.95. The molecule has 0 aliphatic heterocycles. The predicted octanol–water partition coefficient (Wildman–Crippen LogP) is 1.47. The lowest BCUT2D eigenvalue weighted by molar-refractivity contribution is -0.394. The third-order valence-electron chi connectivity index (χ3n) is 1.55. The Labute approximate surface area is 77.9 Å². The Morgan fingerprint density at radius 1 is 1.86 bits per heavy atom. The van der Waals surface area contributed by atoms with Crippen molar-refractivity contribution in [3.8, 4) is 0 Å². The molecule has 1 aromatic heterocycles. The number of hydrogen-bond donors (Lipinski definition) is 1. The monoisotopic (exact) mass is 197 g/mol. The molecule has 9 heteroatoms. The van der Waals surface area contributed by atoms with Crippen LogP contribution in [0.5, 0.6) is 0 Å². The highest BCUT2D eigenvalue weighted by atomic mass is 16.6.